The molecule has 0 aromatic rings. The maximum Gasteiger partial charge on any atom is 0.340 e. The Morgan fingerprint density at radius 2 is 2.10 bits per heavy atom. The first-order chi connectivity index (χ1) is 9.35. The molecule has 0 spiro atoms. The average molecular weight is 282 g/mol. The van der Waals surface area contributed by atoms with Crippen LogP contribution in [0.1, 0.15) is 26.2 Å². The number of ether oxygens (including phenoxy) is 1. The molecule has 0 saturated carbocycles. The van der Waals surface area contributed by atoms with E-state index in [9.17, 15) is 19.5 Å². The van der Waals surface area contributed by atoms with Crippen molar-refractivity contribution in [1.82, 2.24) is 0 Å². The molecule has 1 aliphatic rings. The van der Waals surface area contributed by atoms with E-state index in [4.69, 9.17) is 5.11 Å². The first kappa shape index (κ1) is 16.1. The minimum absolute atomic E-state index is 0.0455. The highest BCUT2D eigenvalue weighted by molar-refractivity contribution is 5.99. The lowest BCUT2D eigenvalue weighted by atomic mass is 9.68. The summed E-state index contributed by atoms with van der Waals surface area (Å²) in [6.45, 7) is 4.37. The van der Waals surface area contributed by atoms with E-state index in [1.54, 1.807) is 6.08 Å². The predicted octanol–water partition coefficient (Wildman–Crippen LogP) is 1.05. The molecule has 0 bridgehead atoms. The van der Waals surface area contributed by atoms with Gasteiger partial charge < -0.3 is 14.9 Å². The van der Waals surface area contributed by atoms with Crippen molar-refractivity contribution in [3.63, 3.8) is 0 Å². The third-order valence-electron chi connectivity index (χ3n) is 3.40. The van der Waals surface area contributed by atoms with E-state index in [0.717, 1.165) is 0 Å². The van der Waals surface area contributed by atoms with Gasteiger partial charge in [0.05, 0.1) is 5.92 Å². The first-order valence-electron chi connectivity index (χ1n) is 6.28. The number of esters is 2. The summed E-state index contributed by atoms with van der Waals surface area (Å²) >= 11 is 0. The lowest BCUT2D eigenvalue weighted by Gasteiger charge is -2.35. The highest BCUT2D eigenvalue weighted by Crippen LogP contribution is 2.41. The van der Waals surface area contributed by atoms with Gasteiger partial charge in [0.1, 0.15) is 5.41 Å². The molecule has 0 amide bonds. The van der Waals surface area contributed by atoms with Crippen LogP contribution in [-0.4, -0.2) is 34.7 Å². The van der Waals surface area contributed by atoms with E-state index in [1.807, 2.05) is 0 Å². The minimum Gasteiger partial charge on any atom is -0.481 e. The van der Waals surface area contributed by atoms with Gasteiger partial charge in [-0.2, -0.15) is 0 Å². The van der Waals surface area contributed by atoms with Crippen LogP contribution in [-0.2, 0) is 19.1 Å². The molecule has 0 aliphatic heterocycles. The van der Waals surface area contributed by atoms with Crippen LogP contribution in [0.5, 0.6) is 0 Å². The highest BCUT2D eigenvalue weighted by atomic mass is 16.6. The molecule has 2 atom stereocenters. The maximum atomic E-state index is 12.2. The third kappa shape index (κ3) is 3.14. The van der Waals surface area contributed by atoms with Crippen molar-refractivity contribution < 1.29 is 29.3 Å². The fourth-order valence-electron chi connectivity index (χ4n) is 2.30. The lowest BCUT2D eigenvalue weighted by molar-refractivity contribution is -0.171. The predicted molar refractivity (Wildman–Crippen MR) is 69.5 cm³/mol. The zero-order chi connectivity index (χ0) is 15.3. The Morgan fingerprint density at radius 3 is 2.60 bits per heavy atom. The summed E-state index contributed by atoms with van der Waals surface area (Å²) in [5.41, 5.74) is -1.46. The Morgan fingerprint density at radius 1 is 1.45 bits per heavy atom. The quantitative estimate of drug-likeness (QED) is 0.338. The molecule has 1 rings (SSSR count). The van der Waals surface area contributed by atoms with Crippen LogP contribution in [0.25, 0.3) is 0 Å². The first-order valence-corrected chi connectivity index (χ1v) is 6.28. The van der Waals surface area contributed by atoms with Gasteiger partial charge >= 0.3 is 17.9 Å². The van der Waals surface area contributed by atoms with Crippen molar-refractivity contribution >= 4 is 17.9 Å². The van der Waals surface area contributed by atoms with Gasteiger partial charge in [0.15, 0.2) is 0 Å². The summed E-state index contributed by atoms with van der Waals surface area (Å²) in [5, 5.41) is 18.4. The molecule has 0 heterocycles. The second kappa shape index (κ2) is 6.47. The molecule has 0 aromatic carbocycles. The van der Waals surface area contributed by atoms with Crippen molar-refractivity contribution in [2.75, 3.05) is 6.61 Å². The number of allylic oxidation sites excluding steroid dienone is 1. The Balaban J connectivity index is 3.12. The molecule has 0 aromatic heterocycles. The van der Waals surface area contributed by atoms with Gasteiger partial charge in [-0.25, -0.2) is 4.79 Å². The number of rotatable bonds is 5. The van der Waals surface area contributed by atoms with Crippen molar-refractivity contribution in [3.8, 4) is 0 Å². The van der Waals surface area contributed by atoms with Crippen LogP contribution in [0.4, 0.5) is 0 Å². The number of hydrogen-bond acceptors (Lipinski definition) is 5. The van der Waals surface area contributed by atoms with Crippen LogP contribution in [0, 0.1) is 11.3 Å². The largest absolute Gasteiger partial charge is 0.481 e. The maximum absolute atomic E-state index is 12.2. The van der Waals surface area contributed by atoms with Crippen LogP contribution in [0.2, 0.25) is 0 Å². The number of aliphatic carboxylic acids is 1. The van der Waals surface area contributed by atoms with Gasteiger partial charge in [-0.15, -0.1) is 0 Å². The van der Waals surface area contributed by atoms with Gasteiger partial charge in [-0.1, -0.05) is 18.7 Å². The molecule has 2 unspecified atom stereocenters. The molecular formula is C14H18O6. The van der Waals surface area contributed by atoms with Crippen LogP contribution >= 0.6 is 0 Å². The number of carboxylic acid groups (broad SMARTS) is 1. The van der Waals surface area contributed by atoms with Gasteiger partial charge in [0.25, 0.3) is 0 Å². The van der Waals surface area contributed by atoms with Gasteiger partial charge in [0, 0.05) is 12.2 Å². The second-order valence-electron chi connectivity index (χ2n) is 4.84. The van der Waals surface area contributed by atoms with Gasteiger partial charge in [-0.05, 0) is 26.2 Å². The second-order valence-corrected chi connectivity index (χ2v) is 4.84. The number of carbonyl (C=O) groups excluding carboxylic acids is 2. The topological polar surface area (TPSA) is 101 Å². The van der Waals surface area contributed by atoms with Crippen molar-refractivity contribution in [1.29, 1.82) is 0 Å². The van der Waals surface area contributed by atoms with E-state index in [1.165, 1.54) is 13.0 Å². The molecule has 1 aliphatic carbocycles. The fraction of sp³-hybridized carbons (Fsp3) is 0.500. The summed E-state index contributed by atoms with van der Waals surface area (Å²) in [7, 11) is 0. The lowest BCUT2D eigenvalue weighted by Crippen LogP contribution is -2.45. The third-order valence-corrected chi connectivity index (χ3v) is 3.40. The van der Waals surface area contributed by atoms with E-state index >= 15 is 0 Å². The molecule has 2 N–H and O–H groups in total. The van der Waals surface area contributed by atoms with E-state index in [-0.39, 0.29) is 25.0 Å². The van der Waals surface area contributed by atoms with Crippen molar-refractivity contribution in [2.24, 2.45) is 11.3 Å². The molecule has 6 heteroatoms. The number of aliphatic hydroxyl groups is 1. The summed E-state index contributed by atoms with van der Waals surface area (Å²) in [6.07, 6.45) is 3.76. The summed E-state index contributed by atoms with van der Waals surface area (Å²) < 4.78 is 4.68. The molecule has 6 nitrogen and oxygen atoms in total. The number of carbonyl (C=O) groups is 3. The van der Waals surface area contributed by atoms with Crippen molar-refractivity contribution in [3.05, 3.63) is 24.3 Å². The van der Waals surface area contributed by atoms with Crippen LogP contribution in [0.3, 0.4) is 0 Å². The molecular weight excluding hydrogens is 264 g/mol. The standard InChI is InChI=1S/C14H18O6/c1-9(2)12(18)20-13(19)14(7-8-15)6-4-3-5-10(14)11(16)17/h4,6,10,15H,1,3,5,7-8H2,2H3,(H,16,17). The van der Waals surface area contributed by atoms with E-state index < -0.39 is 29.2 Å². The highest BCUT2D eigenvalue weighted by Gasteiger charge is 2.50. The van der Waals surface area contributed by atoms with Crippen LogP contribution in [0.15, 0.2) is 24.3 Å². The Labute approximate surface area is 116 Å². The monoisotopic (exact) mass is 282 g/mol. The normalized spacial score (nSPS) is 25.0. The fourth-order valence-corrected chi connectivity index (χ4v) is 2.30. The number of carboxylic acids is 1. The average Bonchev–Trinajstić information content (AvgIpc) is 2.38. The number of aliphatic hydroxyl groups excluding tert-OH is 1. The van der Waals surface area contributed by atoms with E-state index in [2.05, 4.69) is 11.3 Å². The number of hydrogen-bond donors (Lipinski definition) is 2. The van der Waals surface area contributed by atoms with E-state index in [0.29, 0.717) is 6.42 Å². The molecule has 0 radical (unpaired) electrons. The Bertz CT molecular complexity index is 464. The Hall–Kier alpha value is -1.95. The van der Waals surface area contributed by atoms with Gasteiger partial charge in [0.2, 0.25) is 0 Å². The summed E-state index contributed by atoms with van der Waals surface area (Å²) in [6, 6.07) is 0. The zero-order valence-corrected chi connectivity index (χ0v) is 11.3. The smallest absolute Gasteiger partial charge is 0.340 e. The minimum atomic E-state index is -1.51. The molecule has 0 saturated heterocycles. The summed E-state index contributed by atoms with van der Waals surface area (Å²) in [4.78, 5) is 35.0. The Kier molecular flexibility index (Phi) is 5.21. The molecule has 0 fully saturated rings. The summed E-state index contributed by atoms with van der Waals surface area (Å²) in [5.74, 6) is -4.02. The van der Waals surface area contributed by atoms with Gasteiger partial charge in [-0.3, -0.25) is 9.59 Å². The zero-order valence-electron chi connectivity index (χ0n) is 11.3. The molecule has 110 valence electrons. The SMILES string of the molecule is C=C(C)C(=O)OC(=O)C1(CCO)C=CCCC1C(=O)O. The van der Waals surface area contributed by atoms with Crippen molar-refractivity contribution in [2.45, 2.75) is 26.2 Å². The van der Waals surface area contributed by atoms with Crippen LogP contribution < -0.4 is 0 Å². The molecule has 20 heavy (non-hydrogen) atoms.